The van der Waals surface area contributed by atoms with Crippen LogP contribution in [0, 0.1) is 6.92 Å². The Hall–Kier alpha value is -1.60. The number of nitrogens with two attached hydrogens (primary N) is 1. The lowest BCUT2D eigenvalue weighted by Crippen LogP contribution is -2.36. The second kappa shape index (κ2) is 6.21. The Bertz CT molecular complexity index is 378. The van der Waals surface area contributed by atoms with Crippen LogP contribution in [-0.2, 0) is 9.47 Å². The molecule has 0 aliphatic carbocycles. The van der Waals surface area contributed by atoms with Gasteiger partial charge in [0.05, 0.1) is 24.1 Å². The minimum absolute atomic E-state index is 0.190. The number of nitrogens with one attached hydrogen (secondary N) is 2. The lowest BCUT2D eigenvalue weighted by molar-refractivity contribution is 0.0285. The summed E-state index contributed by atoms with van der Waals surface area (Å²) in [6.45, 7) is 2.50. The molecule has 7 heteroatoms. The van der Waals surface area contributed by atoms with Crippen LogP contribution in [0.15, 0.2) is 0 Å². The summed E-state index contributed by atoms with van der Waals surface area (Å²) >= 11 is 0. The van der Waals surface area contributed by atoms with Gasteiger partial charge >= 0.3 is 0 Å². The van der Waals surface area contributed by atoms with E-state index >= 15 is 0 Å². The zero-order valence-electron chi connectivity index (χ0n) is 10.2. The molecule has 17 heavy (non-hydrogen) atoms. The van der Waals surface area contributed by atoms with Crippen LogP contribution in [0.5, 0.6) is 0 Å². The van der Waals surface area contributed by atoms with Gasteiger partial charge in [-0.2, -0.15) is 5.10 Å². The highest BCUT2D eigenvalue weighted by Gasteiger charge is 2.16. The van der Waals surface area contributed by atoms with Crippen LogP contribution in [-0.4, -0.2) is 49.6 Å². The van der Waals surface area contributed by atoms with Crippen molar-refractivity contribution in [3.63, 3.8) is 0 Å². The van der Waals surface area contributed by atoms with Crippen molar-refractivity contribution in [2.45, 2.75) is 13.0 Å². The second-order valence-electron chi connectivity index (χ2n) is 3.63. The van der Waals surface area contributed by atoms with Crippen LogP contribution in [0.25, 0.3) is 0 Å². The molecule has 0 aliphatic heterocycles. The van der Waals surface area contributed by atoms with Gasteiger partial charge in [0.2, 0.25) is 0 Å². The Kier molecular flexibility index (Phi) is 4.92. The second-order valence-corrected chi connectivity index (χ2v) is 3.63. The minimum atomic E-state index is -0.329. The number of H-pyrrole nitrogens is 1. The molecule has 0 aliphatic rings. The first-order valence-corrected chi connectivity index (χ1v) is 5.20. The minimum Gasteiger partial charge on any atom is -0.395 e. The first kappa shape index (κ1) is 13.5. The third-order valence-electron chi connectivity index (χ3n) is 2.39. The number of carbonyl (C=O) groups excluding carboxylic acids is 1. The summed E-state index contributed by atoms with van der Waals surface area (Å²) in [5.41, 5.74) is 6.93. The maximum atomic E-state index is 11.7. The Morgan fingerprint density at radius 1 is 1.59 bits per heavy atom. The molecule has 1 aromatic rings. The molecule has 0 fully saturated rings. The first-order chi connectivity index (χ1) is 8.10. The van der Waals surface area contributed by atoms with Crippen LogP contribution in [0.4, 0.5) is 5.69 Å². The van der Waals surface area contributed by atoms with Gasteiger partial charge in [-0.25, -0.2) is 0 Å². The summed E-state index contributed by atoms with van der Waals surface area (Å²) in [5, 5.41) is 9.17. The Balaban J connectivity index is 2.52. The molecule has 0 radical (unpaired) electrons. The Morgan fingerprint density at radius 3 is 2.76 bits per heavy atom. The first-order valence-electron chi connectivity index (χ1n) is 5.20. The van der Waals surface area contributed by atoms with E-state index in [1.807, 2.05) is 0 Å². The highest BCUT2D eigenvalue weighted by Crippen LogP contribution is 2.11. The predicted octanol–water partition coefficient (Wildman–Crippen LogP) is -0.308. The molecular weight excluding hydrogens is 224 g/mol. The van der Waals surface area contributed by atoms with Crippen LogP contribution in [0.3, 0.4) is 0 Å². The van der Waals surface area contributed by atoms with E-state index in [2.05, 4.69) is 15.5 Å². The number of carbonyl (C=O) groups is 1. The predicted molar refractivity (Wildman–Crippen MR) is 62.7 cm³/mol. The number of hydrogen-bond acceptors (Lipinski definition) is 5. The van der Waals surface area contributed by atoms with E-state index < -0.39 is 0 Å². The summed E-state index contributed by atoms with van der Waals surface area (Å²) in [4.78, 5) is 11.7. The Labute approximate surface area is 99.7 Å². The molecule has 4 N–H and O–H groups in total. The van der Waals surface area contributed by atoms with Crippen molar-refractivity contribution < 1.29 is 14.3 Å². The molecule has 96 valence electrons. The summed E-state index contributed by atoms with van der Waals surface area (Å²) in [5.74, 6) is -0.329. The molecule has 7 nitrogen and oxygen atoms in total. The van der Waals surface area contributed by atoms with Gasteiger partial charge < -0.3 is 20.5 Å². The van der Waals surface area contributed by atoms with Gasteiger partial charge in [-0.3, -0.25) is 9.89 Å². The van der Waals surface area contributed by atoms with E-state index in [-0.39, 0.29) is 17.7 Å². The van der Waals surface area contributed by atoms with E-state index in [1.54, 1.807) is 21.1 Å². The number of amides is 1. The van der Waals surface area contributed by atoms with Gasteiger partial charge in [-0.15, -0.1) is 0 Å². The lowest BCUT2D eigenvalue weighted by Gasteiger charge is -2.14. The highest BCUT2D eigenvalue weighted by atomic mass is 16.5. The smallest absolute Gasteiger partial charge is 0.274 e. The molecule has 1 atom stereocenters. The topological polar surface area (TPSA) is 102 Å². The van der Waals surface area contributed by atoms with Crippen molar-refractivity contribution in [3.05, 3.63) is 11.4 Å². The van der Waals surface area contributed by atoms with Gasteiger partial charge in [-0.1, -0.05) is 0 Å². The van der Waals surface area contributed by atoms with E-state index in [0.29, 0.717) is 24.5 Å². The fraction of sp³-hybridized carbons (Fsp3) is 0.600. The average molecular weight is 242 g/mol. The normalized spacial score (nSPS) is 12.4. The standard InChI is InChI=1S/C10H18N4O3/c1-6-8(11)9(14-13-6)10(15)12-4-7(17-3)5-16-2/h7H,4-5,11H2,1-3H3,(H,12,15)(H,13,14). The Morgan fingerprint density at radius 2 is 2.29 bits per heavy atom. The fourth-order valence-electron chi connectivity index (χ4n) is 1.30. The maximum Gasteiger partial charge on any atom is 0.274 e. The SMILES string of the molecule is COCC(CNC(=O)c1n[nH]c(C)c1N)OC. The molecule has 1 aromatic heterocycles. The maximum absolute atomic E-state index is 11.7. The van der Waals surface area contributed by atoms with Gasteiger partial charge in [-0.05, 0) is 6.92 Å². The van der Waals surface area contributed by atoms with Crippen molar-refractivity contribution >= 4 is 11.6 Å². The number of nitrogens with zero attached hydrogens (tertiary/aromatic N) is 1. The number of rotatable bonds is 6. The van der Waals surface area contributed by atoms with Gasteiger partial charge in [0, 0.05) is 20.8 Å². The molecule has 0 spiro atoms. The molecule has 1 amide bonds. The van der Waals surface area contributed by atoms with Crippen LogP contribution in [0.1, 0.15) is 16.2 Å². The zero-order valence-corrected chi connectivity index (χ0v) is 10.2. The molecule has 0 saturated heterocycles. The van der Waals surface area contributed by atoms with Crippen molar-refractivity contribution in [2.75, 3.05) is 33.1 Å². The quantitative estimate of drug-likeness (QED) is 0.635. The van der Waals surface area contributed by atoms with Crippen molar-refractivity contribution in [3.8, 4) is 0 Å². The number of hydrogen-bond donors (Lipinski definition) is 3. The van der Waals surface area contributed by atoms with Gasteiger partial charge in [0.25, 0.3) is 5.91 Å². The van der Waals surface area contributed by atoms with Crippen LogP contribution >= 0.6 is 0 Å². The number of aryl methyl sites for hydroxylation is 1. The highest BCUT2D eigenvalue weighted by molar-refractivity contribution is 5.97. The van der Waals surface area contributed by atoms with Gasteiger partial charge in [0.1, 0.15) is 0 Å². The number of anilines is 1. The average Bonchev–Trinajstić information content (AvgIpc) is 2.65. The molecule has 1 rings (SSSR count). The van der Waals surface area contributed by atoms with E-state index in [9.17, 15) is 4.79 Å². The van der Waals surface area contributed by atoms with Crippen LogP contribution in [0.2, 0.25) is 0 Å². The third-order valence-corrected chi connectivity index (χ3v) is 2.39. The zero-order chi connectivity index (χ0) is 12.8. The lowest BCUT2D eigenvalue weighted by atomic mass is 10.3. The van der Waals surface area contributed by atoms with E-state index in [1.165, 1.54) is 0 Å². The van der Waals surface area contributed by atoms with Crippen LogP contribution < -0.4 is 11.1 Å². The fourth-order valence-corrected chi connectivity index (χ4v) is 1.30. The summed E-state index contributed by atoms with van der Waals surface area (Å²) in [6, 6.07) is 0. The van der Waals surface area contributed by atoms with E-state index in [4.69, 9.17) is 15.2 Å². The summed E-state index contributed by atoms with van der Waals surface area (Å²) in [7, 11) is 3.13. The van der Waals surface area contributed by atoms with Crippen molar-refractivity contribution in [1.29, 1.82) is 0 Å². The largest absolute Gasteiger partial charge is 0.395 e. The summed E-state index contributed by atoms with van der Waals surface area (Å²) < 4.78 is 10.1. The number of methoxy groups -OCH3 is 2. The number of aromatic nitrogens is 2. The molecule has 1 unspecified atom stereocenters. The van der Waals surface area contributed by atoms with Crippen molar-refractivity contribution in [2.24, 2.45) is 0 Å². The van der Waals surface area contributed by atoms with Crippen molar-refractivity contribution in [1.82, 2.24) is 15.5 Å². The summed E-state index contributed by atoms with van der Waals surface area (Å²) in [6.07, 6.45) is -0.190. The third kappa shape index (κ3) is 3.43. The monoisotopic (exact) mass is 242 g/mol. The number of ether oxygens (including phenoxy) is 2. The molecule has 0 bridgehead atoms. The number of nitrogen functional groups attached to an aromatic ring is 1. The van der Waals surface area contributed by atoms with E-state index in [0.717, 1.165) is 0 Å². The molecule has 1 heterocycles. The molecule has 0 saturated carbocycles. The van der Waals surface area contributed by atoms with Gasteiger partial charge in [0.15, 0.2) is 5.69 Å². The molecule has 0 aromatic carbocycles. The molecular formula is C10H18N4O3. The number of aromatic amines is 1.